The molecule has 0 aromatic heterocycles. The van der Waals surface area contributed by atoms with E-state index in [-0.39, 0.29) is 35.5 Å². The predicted molar refractivity (Wildman–Crippen MR) is 125 cm³/mol. The van der Waals surface area contributed by atoms with Gasteiger partial charge in [0.25, 0.3) is 5.69 Å². The molecule has 1 saturated heterocycles. The van der Waals surface area contributed by atoms with Crippen molar-refractivity contribution in [3.63, 3.8) is 0 Å². The summed E-state index contributed by atoms with van der Waals surface area (Å²) in [6, 6.07) is 11.9. The van der Waals surface area contributed by atoms with Crippen molar-refractivity contribution in [1.82, 2.24) is 14.5 Å². The molecule has 9 nitrogen and oxygen atoms in total. The average Bonchev–Trinajstić information content (AvgIpc) is 2.78. The summed E-state index contributed by atoms with van der Waals surface area (Å²) in [4.78, 5) is 25.1. The van der Waals surface area contributed by atoms with Crippen molar-refractivity contribution in [3.05, 3.63) is 69.3 Å². The Kier molecular flexibility index (Phi) is 7.83. The van der Waals surface area contributed by atoms with Gasteiger partial charge in [-0.2, -0.15) is 4.31 Å². The third-order valence-corrected chi connectivity index (χ3v) is 7.85. The molecule has 178 valence electrons. The Hall–Kier alpha value is -2.82. The number of hydrogen-bond acceptors (Lipinski definition) is 6. The van der Waals surface area contributed by atoms with E-state index >= 15 is 0 Å². The first-order valence-corrected chi connectivity index (χ1v) is 12.3. The number of nitro groups is 1. The molecule has 3 rings (SSSR count). The first kappa shape index (κ1) is 24.8. The number of nitrogens with zero attached hydrogens (tertiary/aromatic N) is 3. The number of sulfonamides is 1. The standard InChI is InChI=1S/C23H30N4O5S/c1-17-4-9-21(27(29)30)14-22(17)33(31,32)26-12-10-20(11-13-26)23(28)24-15-18-5-7-19(8-6-18)16-25(2)3/h4-9,14,20H,10-13,15-16H2,1-3H3,(H,24,28). The van der Waals surface area contributed by atoms with Crippen LogP contribution in [0, 0.1) is 23.0 Å². The molecule has 0 bridgehead atoms. The maximum atomic E-state index is 13.1. The van der Waals surface area contributed by atoms with Crippen molar-refractivity contribution in [3.8, 4) is 0 Å². The Labute approximate surface area is 194 Å². The van der Waals surface area contributed by atoms with Crippen molar-refractivity contribution < 1.29 is 18.1 Å². The molecule has 0 aliphatic carbocycles. The van der Waals surface area contributed by atoms with Crippen molar-refractivity contribution in [2.75, 3.05) is 27.2 Å². The Balaban J connectivity index is 1.56. The van der Waals surface area contributed by atoms with E-state index in [1.807, 2.05) is 38.4 Å². The lowest BCUT2D eigenvalue weighted by Crippen LogP contribution is -2.43. The Morgan fingerprint density at radius 3 is 2.30 bits per heavy atom. The second kappa shape index (κ2) is 10.4. The van der Waals surface area contributed by atoms with Crippen molar-refractivity contribution in [1.29, 1.82) is 0 Å². The van der Waals surface area contributed by atoms with E-state index in [2.05, 4.69) is 10.2 Å². The normalized spacial score (nSPS) is 15.5. The number of non-ortho nitro benzene ring substituents is 1. The van der Waals surface area contributed by atoms with E-state index in [1.165, 1.54) is 22.0 Å². The minimum absolute atomic E-state index is 0.0580. The molecule has 1 fully saturated rings. The largest absolute Gasteiger partial charge is 0.352 e. The fourth-order valence-electron chi connectivity index (χ4n) is 3.94. The summed E-state index contributed by atoms with van der Waals surface area (Å²) in [5.74, 6) is -0.355. The molecule has 0 saturated carbocycles. The summed E-state index contributed by atoms with van der Waals surface area (Å²) in [6.45, 7) is 3.28. The number of rotatable bonds is 8. The van der Waals surface area contributed by atoms with Crippen LogP contribution in [0.1, 0.15) is 29.5 Å². The molecule has 0 spiro atoms. The minimum atomic E-state index is -3.87. The summed E-state index contributed by atoms with van der Waals surface area (Å²) in [7, 11) is 0.147. The lowest BCUT2D eigenvalue weighted by molar-refractivity contribution is -0.385. The number of hydrogen-bond donors (Lipinski definition) is 1. The van der Waals surface area contributed by atoms with Gasteiger partial charge >= 0.3 is 0 Å². The van der Waals surface area contributed by atoms with E-state index in [9.17, 15) is 23.3 Å². The first-order chi connectivity index (χ1) is 15.6. The van der Waals surface area contributed by atoms with Gasteiger partial charge in [-0.05, 0) is 50.6 Å². The zero-order chi connectivity index (χ0) is 24.2. The highest BCUT2D eigenvalue weighted by Gasteiger charge is 2.33. The number of carbonyl (C=O) groups excluding carboxylic acids is 1. The van der Waals surface area contributed by atoms with E-state index in [0.717, 1.165) is 18.2 Å². The number of amides is 1. The van der Waals surface area contributed by atoms with Crippen molar-refractivity contribution in [2.45, 2.75) is 37.8 Å². The lowest BCUT2D eigenvalue weighted by atomic mass is 9.97. The molecule has 1 aliphatic rings. The lowest BCUT2D eigenvalue weighted by Gasteiger charge is -2.30. The van der Waals surface area contributed by atoms with Crippen LogP contribution in [0.3, 0.4) is 0 Å². The van der Waals surface area contributed by atoms with Crippen LogP contribution >= 0.6 is 0 Å². The van der Waals surface area contributed by atoms with Gasteiger partial charge in [0.05, 0.1) is 9.82 Å². The quantitative estimate of drug-likeness (QED) is 0.465. The number of carbonyl (C=O) groups is 1. The second-order valence-electron chi connectivity index (χ2n) is 8.66. The number of benzene rings is 2. The van der Waals surface area contributed by atoms with E-state index in [4.69, 9.17) is 0 Å². The average molecular weight is 475 g/mol. The highest BCUT2D eigenvalue weighted by atomic mass is 32.2. The topological polar surface area (TPSA) is 113 Å². The molecule has 10 heteroatoms. The molecule has 1 amide bonds. The highest BCUT2D eigenvalue weighted by Crippen LogP contribution is 2.28. The van der Waals surface area contributed by atoms with Gasteiger partial charge < -0.3 is 10.2 Å². The summed E-state index contributed by atoms with van der Waals surface area (Å²) in [5.41, 5.74) is 2.40. The van der Waals surface area contributed by atoms with Crippen LogP contribution in [0.2, 0.25) is 0 Å². The maximum absolute atomic E-state index is 13.1. The van der Waals surface area contributed by atoms with Crippen molar-refractivity contribution in [2.24, 2.45) is 5.92 Å². The summed E-state index contributed by atoms with van der Waals surface area (Å²) < 4.78 is 27.4. The molecule has 2 aromatic carbocycles. The maximum Gasteiger partial charge on any atom is 0.270 e. The van der Waals surface area contributed by atoms with Crippen LogP contribution in [0.15, 0.2) is 47.4 Å². The molecule has 1 aliphatic heterocycles. The molecule has 1 heterocycles. The second-order valence-corrected chi connectivity index (χ2v) is 10.6. The zero-order valence-electron chi connectivity index (χ0n) is 19.2. The third kappa shape index (κ3) is 6.16. The van der Waals surface area contributed by atoms with E-state index < -0.39 is 14.9 Å². The molecule has 0 radical (unpaired) electrons. The predicted octanol–water partition coefficient (Wildman–Crippen LogP) is 2.68. The molecule has 1 N–H and O–H groups in total. The molecular weight excluding hydrogens is 444 g/mol. The van der Waals surface area contributed by atoms with E-state index in [0.29, 0.717) is 24.9 Å². The SMILES string of the molecule is Cc1ccc([N+](=O)[O-])cc1S(=O)(=O)N1CCC(C(=O)NCc2ccc(CN(C)C)cc2)CC1. The molecule has 0 unspecified atom stereocenters. The Bertz CT molecular complexity index is 1110. The van der Waals surface area contributed by atoms with Gasteiger partial charge in [-0.15, -0.1) is 0 Å². The Morgan fingerprint density at radius 2 is 1.73 bits per heavy atom. The number of nitrogens with one attached hydrogen (secondary N) is 1. The number of aryl methyl sites for hydroxylation is 1. The monoisotopic (exact) mass is 474 g/mol. The van der Waals surface area contributed by atoms with Crippen LogP contribution in [-0.4, -0.2) is 55.6 Å². The zero-order valence-corrected chi connectivity index (χ0v) is 20.0. The van der Waals surface area contributed by atoms with Crippen LogP contribution in [0.5, 0.6) is 0 Å². The van der Waals surface area contributed by atoms with Crippen molar-refractivity contribution >= 4 is 21.6 Å². The number of nitro benzene ring substituents is 1. The first-order valence-electron chi connectivity index (χ1n) is 10.8. The number of piperidine rings is 1. The van der Waals surface area contributed by atoms with Gasteiger partial charge in [0.1, 0.15) is 0 Å². The fourth-order valence-corrected chi connectivity index (χ4v) is 5.65. The summed E-state index contributed by atoms with van der Waals surface area (Å²) in [5, 5.41) is 14.0. The smallest absolute Gasteiger partial charge is 0.270 e. The van der Waals surface area contributed by atoms with Crippen LogP contribution < -0.4 is 5.32 Å². The Morgan fingerprint density at radius 1 is 1.12 bits per heavy atom. The minimum Gasteiger partial charge on any atom is -0.352 e. The van der Waals surface area contributed by atoms with Crippen LogP contribution in [-0.2, 0) is 27.9 Å². The van der Waals surface area contributed by atoms with Gasteiger partial charge in [0.15, 0.2) is 0 Å². The van der Waals surface area contributed by atoms with Gasteiger partial charge in [-0.25, -0.2) is 8.42 Å². The van der Waals surface area contributed by atoms with Gasteiger partial charge in [-0.1, -0.05) is 30.3 Å². The molecule has 0 atom stereocenters. The van der Waals surface area contributed by atoms with Gasteiger partial charge in [0, 0.05) is 44.2 Å². The van der Waals surface area contributed by atoms with Gasteiger partial charge in [-0.3, -0.25) is 14.9 Å². The van der Waals surface area contributed by atoms with Crippen LogP contribution in [0.4, 0.5) is 5.69 Å². The summed E-state index contributed by atoms with van der Waals surface area (Å²) in [6.07, 6.45) is 0.807. The highest BCUT2D eigenvalue weighted by molar-refractivity contribution is 7.89. The van der Waals surface area contributed by atoms with Crippen LogP contribution in [0.25, 0.3) is 0 Å². The molecule has 33 heavy (non-hydrogen) atoms. The van der Waals surface area contributed by atoms with Gasteiger partial charge in [0.2, 0.25) is 15.9 Å². The molecule has 2 aromatic rings. The van der Waals surface area contributed by atoms with E-state index in [1.54, 1.807) is 6.92 Å². The summed E-state index contributed by atoms with van der Waals surface area (Å²) >= 11 is 0. The fraction of sp³-hybridized carbons (Fsp3) is 0.435. The molecular formula is C23H30N4O5S. The third-order valence-electron chi connectivity index (χ3n) is 5.81.